The number of hydrogen-bond acceptors (Lipinski definition) is 3. The maximum absolute atomic E-state index is 13.7. The van der Waals surface area contributed by atoms with Crippen molar-refractivity contribution in [1.82, 2.24) is 0 Å². The Morgan fingerprint density at radius 1 is 0.970 bits per heavy atom. The summed E-state index contributed by atoms with van der Waals surface area (Å²) in [7, 11) is 0. The number of nitrogens with one attached hydrogen (secondary N) is 1. The Kier molecular flexibility index (Phi) is 5.51. The van der Waals surface area contributed by atoms with Crippen LogP contribution in [-0.4, -0.2) is 11.7 Å². The molecular weight excluding hydrogens is 439 g/mol. The van der Waals surface area contributed by atoms with Gasteiger partial charge in [0.25, 0.3) is 0 Å². The smallest absolute Gasteiger partial charge is 0.224 e. The van der Waals surface area contributed by atoms with E-state index < -0.39 is 6.04 Å². The van der Waals surface area contributed by atoms with Gasteiger partial charge in [-0.2, -0.15) is 0 Å². The number of carbonyl (C=O) groups is 2. The fourth-order valence-corrected chi connectivity index (χ4v) is 5.00. The van der Waals surface area contributed by atoms with E-state index in [1.807, 2.05) is 48.5 Å². The van der Waals surface area contributed by atoms with Crippen LogP contribution in [0.4, 0.5) is 15.8 Å². The lowest BCUT2D eigenvalue weighted by Gasteiger charge is -2.34. The van der Waals surface area contributed by atoms with Gasteiger partial charge >= 0.3 is 0 Å². The highest BCUT2D eigenvalue weighted by Gasteiger charge is 2.40. The molecule has 1 aliphatic heterocycles. The molecule has 3 aromatic rings. The van der Waals surface area contributed by atoms with Crippen LogP contribution in [0.3, 0.4) is 0 Å². The minimum Gasteiger partial charge on any atom is -0.357 e. The number of rotatable bonds is 2. The summed E-state index contributed by atoms with van der Waals surface area (Å²) >= 11 is 6.06. The summed E-state index contributed by atoms with van der Waals surface area (Å²) in [5, 5.41) is 4.11. The third-order valence-electron chi connectivity index (χ3n) is 6.36. The van der Waals surface area contributed by atoms with Crippen molar-refractivity contribution in [2.24, 2.45) is 0 Å². The van der Waals surface area contributed by atoms with Gasteiger partial charge in [0.05, 0.1) is 17.4 Å². The van der Waals surface area contributed by atoms with Gasteiger partial charge in [0.15, 0.2) is 5.78 Å². The zero-order chi connectivity index (χ0) is 23.1. The summed E-state index contributed by atoms with van der Waals surface area (Å²) in [5.41, 5.74) is 4.52. The van der Waals surface area contributed by atoms with Crippen molar-refractivity contribution in [3.63, 3.8) is 0 Å². The summed E-state index contributed by atoms with van der Waals surface area (Å²) in [4.78, 5) is 28.2. The number of amides is 1. The molecule has 5 rings (SSSR count). The molecule has 0 fully saturated rings. The predicted octanol–water partition coefficient (Wildman–Crippen LogP) is 6.40. The molecule has 0 saturated heterocycles. The normalized spacial score (nSPS) is 20.0. The Balaban J connectivity index is 1.69. The van der Waals surface area contributed by atoms with E-state index in [4.69, 9.17) is 11.6 Å². The SMILES string of the molecule is CC(=O)N1c2ccccc2NC2=C(C(=O)C[C@H](c3ccc(Cl)cc3)C2)[C@@H]1c1ccc(F)cc1. The summed E-state index contributed by atoms with van der Waals surface area (Å²) in [6, 6.07) is 20.5. The van der Waals surface area contributed by atoms with Gasteiger partial charge in [-0.05, 0) is 59.9 Å². The molecular formula is C27H22ClFN2O2. The van der Waals surface area contributed by atoms with E-state index in [2.05, 4.69) is 5.32 Å². The van der Waals surface area contributed by atoms with Crippen molar-refractivity contribution in [2.75, 3.05) is 10.2 Å². The van der Waals surface area contributed by atoms with Gasteiger partial charge in [0, 0.05) is 29.6 Å². The number of nitrogens with zero attached hydrogens (tertiary/aromatic N) is 1. The zero-order valence-electron chi connectivity index (χ0n) is 18.0. The first-order chi connectivity index (χ1) is 15.9. The first-order valence-electron chi connectivity index (χ1n) is 10.9. The second-order valence-corrected chi connectivity index (χ2v) is 8.89. The number of fused-ring (bicyclic) bond motifs is 1. The summed E-state index contributed by atoms with van der Waals surface area (Å²) < 4.78 is 13.7. The molecule has 1 N–H and O–H groups in total. The van der Waals surface area contributed by atoms with Gasteiger partial charge in [-0.25, -0.2) is 4.39 Å². The Morgan fingerprint density at radius 2 is 1.64 bits per heavy atom. The Morgan fingerprint density at radius 3 is 2.33 bits per heavy atom. The fourth-order valence-electron chi connectivity index (χ4n) is 4.87. The molecule has 0 spiro atoms. The Bertz CT molecular complexity index is 1270. The quantitative estimate of drug-likeness (QED) is 0.481. The summed E-state index contributed by atoms with van der Waals surface area (Å²) in [5.74, 6) is -0.602. The monoisotopic (exact) mass is 460 g/mol. The summed E-state index contributed by atoms with van der Waals surface area (Å²) in [6.45, 7) is 1.49. The highest BCUT2D eigenvalue weighted by Crippen LogP contribution is 2.47. The number of carbonyl (C=O) groups excluding carboxylic acids is 2. The molecule has 0 unspecified atom stereocenters. The van der Waals surface area contributed by atoms with Crippen LogP contribution in [0.1, 0.15) is 42.9 Å². The molecule has 0 saturated carbocycles. The van der Waals surface area contributed by atoms with E-state index >= 15 is 0 Å². The maximum atomic E-state index is 13.7. The van der Waals surface area contributed by atoms with Crippen molar-refractivity contribution in [3.8, 4) is 0 Å². The van der Waals surface area contributed by atoms with Crippen molar-refractivity contribution in [3.05, 3.63) is 106 Å². The van der Waals surface area contributed by atoms with Gasteiger partial charge in [-0.3, -0.25) is 14.5 Å². The maximum Gasteiger partial charge on any atom is 0.224 e. The number of halogens is 2. The molecule has 1 amide bonds. The second-order valence-electron chi connectivity index (χ2n) is 8.46. The number of ketones is 1. The third-order valence-corrected chi connectivity index (χ3v) is 6.61. The molecule has 1 heterocycles. The average molecular weight is 461 g/mol. The van der Waals surface area contributed by atoms with Crippen LogP contribution in [0.2, 0.25) is 5.02 Å². The number of anilines is 2. The first kappa shape index (κ1) is 21.4. The van der Waals surface area contributed by atoms with E-state index in [0.717, 1.165) is 16.9 Å². The number of para-hydroxylation sites is 2. The number of benzene rings is 3. The van der Waals surface area contributed by atoms with Gasteiger partial charge < -0.3 is 5.32 Å². The van der Waals surface area contributed by atoms with Crippen LogP contribution in [0.25, 0.3) is 0 Å². The number of allylic oxidation sites excluding steroid dienone is 1. The van der Waals surface area contributed by atoms with Crippen molar-refractivity contribution < 1.29 is 14.0 Å². The summed E-state index contributed by atoms with van der Waals surface area (Å²) in [6.07, 6.45) is 0.933. The van der Waals surface area contributed by atoms with Gasteiger partial charge in [0.1, 0.15) is 5.82 Å². The lowest BCUT2D eigenvalue weighted by molar-refractivity contribution is -0.117. The molecule has 2 aliphatic rings. The van der Waals surface area contributed by atoms with Gasteiger partial charge in [-0.15, -0.1) is 0 Å². The highest BCUT2D eigenvalue weighted by atomic mass is 35.5. The standard InChI is InChI=1S/C27H22ClFN2O2/c1-16(32)31-24-5-3-2-4-22(24)30-23-14-19(17-6-10-20(28)11-7-17)15-25(33)26(23)27(31)18-8-12-21(29)13-9-18/h2-13,19,27,30H,14-15H2,1H3/t19-,27+/m1/s1. The molecule has 4 nitrogen and oxygen atoms in total. The lowest BCUT2D eigenvalue weighted by atomic mass is 9.78. The van der Waals surface area contributed by atoms with Crippen LogP contribution < -0.4 is 10.2 Å². The molecule has 0 radical (unpaired) electrons. The van der Waals surface area contributed by atoms with Gasteiger partial charge in [-0.1, -0.05) is 48.0 Å². The topological polar surface area (TPSA) is 49.4 Å². The molecule has 1 aliphatic carbocycles. The van der Waals surface area contributed by atoms with Gasteiger partial charge in [0.2, 0.25) is 5.91 Å². The largest absolute Gasteiger partial charge is 0.357 e. The van der Waals surface area contributed by atoms with Crippen LogP contribution >= 0.6 is 11.6 Å². The minimum absolute atomic E-state index is 0.00840. The van der Waals surface area contributed by atoms with Crippen molar-refractivity contribution >= 4 is 34.7 Å². The van der Waals surface area contributed by atoms with Crippen LogP contribution in [0.15, 0.2) is 84.1 Å². The number of Topliss-reactive ketones (excluding diaryl/α,β-unsaturated/α-hetero) is 1. The zero-order valence-corrected chi connectivity index (χ0v) is 18.8. The Hall–Kier alpha value is -3.44. The molecule has 3 aromatic carbocycles. The molecule has 166 valence electrons. The third kappa shape index (κ3) is 3.93. The fraction of sp³-hybridized carbons (Fsp3) is 0.185. The van der Waals surface area contributed by atoms with E-state index in [9.17, 15) is 14.0 Å². The minimum atomic E-state index is -0.645. The molecule has 33 heavy (non-hydrogen) atoms. The predicted molar refractivity (Wildman–Crippen MR) is 128 cm³/mol. The van der Waals surface area contributed by atoms with Crippen LogP contribution in [0.5, 0.6) is 0 Å². The Labute approximate surface area is 196 Å². The van der Waals surface area contributed by atoms with Crippen molar-refractivity contribution in [2.45, 2.75) is 31.7 Å². The molecule has 6 heteroatoms. The van der Waals surface area contributed by atoms with E-state index in [1.54, 1.807) is 17.0 Å². The number of hydrogen-bond donors (Lipinski definition) is 1. The van der Waals surface area contributed by atoms with Crippen molar-refractivity contribution in [1.29, 1.82) is 0 Å². The molecule has 0 bridgehead atoms. The van der Waals surface area contributed by atoms with E-state index in [-0.39, 0.29) is 23.4 Å². The van der Waals surface area contributed by atoms with Crippen LogP contribution in [-0.2, 0) is 9.59 Å². The molecule has 2 atom stereocenters. The first-order valence-corrected chi connectivity index (χ1v) is 11.2. The molecule has 0 aromatic heterocycles. The second kappa shape index (κ2) is 8.49. The average Bonchev–Trinajstić information content (AvgIpc) is 2.94. The van der Waals surface area contributed by atoms with Crippen LogP contribution in [0, 0.1) is 5.82 Å². The lowest BCUT2D eigenvalue weighted by Crippen LogP contribution is -2.37. The van der Waals surface area contributed by atoms with E-state index in [1.165, 1.54) is 19.1 Å². The highest BCUT2D eigenvalue weighted by molar-refractivity contribution is 6.30. The van der Waals surface area contributed by atoms with E-state index in [0.29, 0.717) is 34.7 Å².